The Balaban J connectivity index is 1.45. The summed E-state index contributed by atoms with van der Waals surface area (Å²) >= 11 is 0. The third-order valence-corrected chi connectivity index (χ3v) is 5.75. The van der Waals surface area contributed by atoms with Crippen molar-refractivity contribution in [1.29, 1.82) is 0 Å². The van der Waals surface area contributed by atoms with E-state index < -0.39 is 0 Å². The van der Waals surface area contributed by atoms with Crippen LogP contribution in [0, 0.1) is 33.6 Å². The Hall–Kier alpha value is -3.53. The Morgan fingerprint density at radius 3 is 2.48 bits per heavy atom. The van der Waals surface area contributed by atoms with E-state index in [2.05, 4.69) is 35.5 Å². The van der Waals surface area contributed by atoms with Gasteiger partial charge in [-0.25, -0.2) is 4.98 Å². The van der Waals surface area contributed by atoms with E-state index in [1.165, 1.54) is 6.20 Å². The Morgan fingerprint density at radius 2 is 1.82 bits per heavy atom. The van der Waals surface area contributed by atoms with Gasteiger partial charge in [-0.2, -0.15) is 15.0 Å². The third-order valence-electron chi connectivity index (χ3n) is 5.75. The lowest BCUT2D eigenvalue weighted by Gasteiger charge is -2.31. The molecule has 1 aliphatic heterocycles. The fourth-order valence-corrected chi connectivity index (χ4v) is 4.07. The van der Waals surface area contributed by atoms with E-state index in [0.717, 1.165) is 48.3 Å². The van der Waals surface area contributed by atoms with E-state index in [-0.39, 0.29) is 24.3 Å². The van der Waals surface area contributed by atoms with Crippen molar-refractivity contribution in [1.82, 2.24) is 19.9 Å². The first-order chi connectivity index (χ1) is 15.8. The maximum atomic E-state index is 12.7. The van der Waals surface area contributed by atoms with Crippen LogP contribution in [0.5, 0.6) is 0 Å². The molecule has 10 heteroatoms. The van der Waals surface area contributed by atoms with Gasteiger partial charge in [0.25, 0.3) is 5.91 Å². The maximum absolute atomic E-state index is 12.7. The van der Waals surface area contributed by atoms with Crippen molar-refractivity contribution in [3.05, 3.63) is 46.6 Å². The highest BCUT2D eigenvalue weighted by Crippen LogP contribution is 2.24. The van der Waals surface area contributed by atoms with Crippen molar-refractivity contribution in [2.45, 2.75) is 40.5 Å². The summed E-state index contributed by atoms with van der Waals surface area (Å²) < 4.78 is 5.60. The van der Waals surface area contributed by atoms with E-state index in [9.17, 15) is 9.90 Å². The average molecular weight is 452 g/mol. The summed E-state index contributed by atoms with van der Waals surface area (Å²) in [5.41, 5.74) is 3.86. The molecule has 1 fully saturated rings. The summed E-state index contributed by atoms with van der Waals surface area (Å²) in [5.74, 6) is 1.43. The number of carbonyl (C=O) groups excluding carboxylic acids is 1. The number of carbonyl (C=O) groups is 1. The Bertz CT molecular complexity index is 1130. The van der Waals surface area contributed by atoms with Crippen LogP contribution in [0.3, 0.4) is 0 Å². The minimum Gasteiger partial charge on any atom is -0.418 e. The second-order valence-corrected chi connectivity index (χ2v) is 8.50. The summed E-state index contributed by atoms with van der Waals surface area (Å²) in [6, 6.07) is 4.15. The van der Waals surface area contributed by atoms with Crippen LogP contribution in [0.4, 0.5) is 23.6 Å². The molecule has 1 amide bonds. The van der Waals surface area contributed by atoms with Crippen molar-refractivity contribution in [2.24, 2.45) is 5.92 Å². The maximum Gasteiger partial charge on any atom is 0.302 e. The van der Waals surface area contributed by atoms with E-state index in [1.54, 1.807) is 6.92 Å². The van der Waals surface area contributed by atoms with Gasteiger partial charge < -0.3 is 19.7 Å². The largest absolute Gasteiger partial charge is 0.418 e. The van der Waals surface area contributed by atoms with Gasteiger partial charge in [0.2, 0.25) is 17.7 Å². The van der Waals surface area contributed by atoms with Crippen LogP contribution in [0.2, 0.25) is 0 Å². The van der Waals surface area contributed by atoms with Crippen molar-refractivity contribution < 1.29 is 14.3 Å². The molecule has 0 atom stereocenters. The lowest BCUT2D eigenvalue weighted by atomic mass is 9.98. The number of hydrogen-bond acceptors (Lipinski definition) is 9. The van der Waals surface area contributed by atoms with Crippen LogP contribution in [0.1, 0.15) is 45.9 Å². The number of anilines is 4. The number of benzene rings is 1. The number of piperidine rings is 1. The first-order valence-corrected chi connectivity index (χ1v) is 11.0. The van der Waals surface area contributed by atoms with Gasteiger partial charge in [-0.15, -0.1) is 0 Å². The lowest BCUT2D eigenvalue weighted by Crippen LogP contribution is -2.36. The zero-order chi connectivity index (χ0) is 23.5. The van der Waals surface area contributed by atoms with E-state index in [4.69, 9.17) is 4.42 Å². The molecule has 2 aromatic heterocycles. The molecule has 33 heavy (non-hydrogen) atoms. The van der Waals surface area contributed by atoms with Crippen molar-refractivity contribution in [2.75, 3.05) is 35.2 Å². The molecule has 4 rings (SSSR count). The fourth-order valence-electron chi connectivity index (χ4n) is 4.07. The summed E-state index contributed by atoms with van der Waals surface area (Å²) in [6.45, 7) is 9.47. The van der Waals surface area contributed by atoms with Crippen LogP contribution < -0.4 is 15.5 Å². The average Bonchev–Trinajstić information content (AvgIpc) is 3.24. The standard InChI is InChI=1S/C23H29N7O3/c1-13-9-14(2)19(15(3)10-13)27-20(32)18-11-24-23(33-18)29-21-25-16(4)26-22(28-21)30-7-5-17(12-31)6-8-30/h9-11,17,31H,5-8,12H2,1-4H3,(H,27,32)(H,24,25,26,28,29). The summed E-state index contributed by atoms with van der Waals surface area (Å²) in [5, 5.41) is 15.2. The number of aryl methyl sites for hydroxylation is 4. The van der Waals surface area contributed by atoms with Gasteiger partial charge in [0.15, 0.2) is 0 Å². The number of hydrogen-bond donors (Lipinski definition) is 3. The second-order valence-electron chi connectivity index (χ2n) is 8.50. The number of aliphatic hydroxyl groups is 1. The van der Waals surface area contributed by atoms with Gasteiger partial charge in [-0.3, -0.25) is 10.1 Å². The molecule has 3 heterocycles. The van der Waals surface area contributed by atoms with Crippen LogP contribution in [-0.4, -0.2) is 50.6 Å². The minimum absolute atomic E-state index is 0.0777. The molecule has 3 N–H and O–H groups in total. The van der Waals surface area contributed by atoms with Crippen LogP contribution >= 0.6 is 0 Å². The quantitative estimate of drug-likeness (QED) is 0.517. The molecule has 1 aromatic carbocycles. The normalized spacial score (nSPS) is 14.4. The Morgan fingerprint density at radius 1 is 1.12 bits per heavy atom. The smallest absolute Gasteiger partial charge is 0.302 e. The summed E-state index contributed by atoms with van der Waals surface area (Å²) in [7, 11) is 0. The topological polar surface area (TPSA) is 129 Å². The van der Waals surface area contributed by atoms with Gasteiger partial charge in [0, 0.05) is 25.4 Å². The molecule has 10 nitrogen and oxygen atoms in total. The number of oxazole rings is 1. The molecule has 3 aromatic rings. The van der Waals surface area contributed by atoms with Crippen molar-refractivity contribution in [3.8, 4) is 0 Å². The van der Waals surface area contributed by atoms with Gasteiger partial charge in [0.1, 0.15) is 5.82 Å². The molecule has 1 aliphatic rings. The highest BCUT2D eigenvalue weighted by molar-refractivity contribution is 6.03. The van der Waals surface area contributed by atoms with Crippen LogP contribution in [0.15, 0.2) is 22.7 Å². The zero-order valence-corrected chi connectivity index (χ0v) is 19.3. The molecular formula is C23H29N7O3. The van der Waals surface area contributed by atoms with Crippen molar-refractivity contribution >= 4 is 29.5 Å². The molecule has 0 aliphatic carbocycles. The monoisotopic (exact) mass is 451 g/mol. The number of aromatic nitrogens is 4. The SMILES string of the molecule is Cc1cc(C)c(NC(=O)c2cnc(Nc3nc(C)nc(N4CCC(CO)CC4)n3)o2)c(C)c1. The van der Waals surface area contributed by atoms with E-state index in [1.807, 2.05) is 32.9 Å². The number of rotatable bonds is 6. The molecular weight excluding hydrogens is 422 g/mol. The minimum atomic E-state index is -0.384. The van der Waals surface area contributed by atoms with Crippen molar-refractivity contribution in [3.63, 3.8) is 0 Å². The molecule has 0 radical (unpaired) electrons. The van der Waals surface area contributed by atoms with Crippen LogP contribution in [-0.2, 0) is 0 Å². The summed E-state index contributed by atoms with van der Waals surface area (Å²) in [4.78, 5) is 32.2. The molecule has 174 valence electrons. The van der Waals surface area contributed by atoms with Gasteiger partial charge in [0.05, 0.1) is 6.20 Å². The molecule has 0 bridgehead atoms. The number of aliphatic hydroxyl groups excluding tert-OH is 1. The number of nitrogens with zero attached hydrogens (tertiary/aromatic N) is 5. The highest BCUT2D eigenvalue weighted by Gasteiger charge is 2.22. The Labute approximate surface area is 192 Å². The predicted octanol–water partition coefficient (Wildman–Crippen LogP) is 3.30. The van der Waals surface area contributed by atoms with E-state index >= 15 is 0 Å². The van der Waals surface area contributed by atoms with E-state index in [0.29, 0.717) is 23.6 Å². The predicted molar refractivity (Wildman–Crippen MR) is 125 cm³/mol. The third kappa shape index (κ3) is 5.28. The molecule has 1 saturated heterocycles. The highest BCUT2D eigenvalue weighted by atomic mass is 16.4. The molecule has 0 unspecified atom stereocenters. The zero-order valence-electron chi connectivity index (χ0n) is 19.3. The first-order valence-electron chi connectivity index (χ1n) is 11.0. The van der Waals surface area contributed by atoms with Gasteiger partial charge in [-0.05, 0) is 57.6 Å². The van der Waals surface area contributed by atoms with Gasteiger partial charge in [-0.1, -0.05) is 17.7 Å². The first kappa shape index (κ1) is 22.7. The molecule has 0 spiro atoms. The Kier molecular flexibility index (Phi) is 6.55. The second kappa shape index (κ2) is 9.53. The number of amides is 1. The number of nitrogens with one attached hydrogen (secondary N) is 2. The van der Waals surface area contributed by atoms with Gasteiger partial charge >= 0.3 is 6.01 Å². The summed E-state index contributed by atoms with van der Waals surface area (Å²) in [6.07, 6.45) is 3.15. The van der Waals surface area contributed by atoms with Crippen LogP contribution in [0.25, 0.3) is 0 Å². The molecule has 0 saturated carbocycles. The fraction of sp³-hybridized carbons (Fsp3) is 0.435. The lowest BCUT2D eigenvalue weighted by molar-refractivity contribution is 0.0997.